The summed E-state index contributed by atoms with van der Waals surface area (Å²) in [5.74, 6) is 1.71. The van der Waals surface area contributed by atoms with Gasteiger partial charge in [-0.05, 0) is 24.1 Å². The van der Waals surface area contributed by atoms with Crippen molar-refractivity contribution in [3.8, 4) is 5.75 Å². The minimum atomic E-state index is -0.719. The van der Waals surface area contributed by atoms with Crippen LogP contribution in [0.1, 0.15) is 29.7 Å². The molecule has 0 fully saturated rings. The van der Waals surface area contributed by atoms with E-state index in [1.54, 1.807) is 11.8 Å². The van der Waals surface area contributed by atoms with Crippen molar-refractivity contribution in [2.75, 3.05) is 6.61 Å². The number of ether oxygens (including phenoxy) is 1. The molecule has 0 aromatic heterocycles. The summed E-state index contributed by atoms with van der Waals surface area (Å²) in [5.41, 5.74) is 3.12. The molecule has 4 nitrogen and oxygen atoms in total. The number of nitrogens with zero attached hydrogens (tertiary/aromatic N) is 2. The first-order chi connectivity index (χ1) is 12.2. The third kappa shape index (κ3) is 2.22. The average Bonchev–Trinajstić information content (AvgIpc) is 2.80. The Kier molecular flexibility index (Phi) is 3.37. The van der Waals surface area contributed by atoms with Gasteiger partial charge in [0.25, 0.3) is 0 Å². The van der Waals surface area contributed by atoms with Gasteiger partial charge in [-0.15, -0.1) is 0 Å². The zero-order valence-electron chi connectivity index (χ0n) is 14.1. The number of rotatable bonds is 1. The van der Waals surface area contributed by atoms with Gasteiger partial charge in [0.1, 0.15) is 5.75 Å². The highest BCUT2D eigenvalue weighted by Gasteiger charge is 2.53. The lowest BCUT2D eigenvalue weighted by Gasteiger charge is -2.52. The van der Waals surface area contributed by atoms with E-state index < -0.39 is 5.72 Å². The smallest absolute Gasteiger partial charge is 0.207 e. The van der Waals surface area contributed by atoms with Crippen molar-refractivity contribution in [1.82, 2.24) is 4.90 Å². The fraction of sp³-hybridized carbons (Fsp3) is 0.350. The molecule has 0 saturated carbocycles. The van der Waals surface area contributed by atoms with Gasteiger partial charge in [0, 0.05) is 17.9 Å². The molecule has 2 aromatic carbocycles. The maximum absolute atomic E-state index is 10.2. The third-order valence-electron chi connectivity index (χ3n) is 5.54. The molecule has 2 aromatic rings. The monoisotopic (exact) mass is 352 g/mol. The molecule has 25 heavy (non-hydrogen) atoms. The van der Waals surface area contributed by atoms with Crippen LogP contribution < -0.4 is 4.74 Å². The largest absolute Gasteiger partial charge is 0.466 e. The van der Waals surface area contributed by atoms with E-state index in [1.165, 1.54) is 11.1 Å². The highest BCUT2D eigenvalue weighted by atomic mass is 32.2. The summed E-state index contributed by atoms with van der Waals surface area (Å²) in [6.45, 7) is 2.86. The second-order valence-corrected chi connectivity index (χ2v) is 7.95. The minimum Gasteiger partial charge on any atom is -0.466 e. The van der Waals surface area contributed by atoms with Crippen molar-refractivity contribution in [3.63, 3.8) is 0 Å². The molecule has 0 amide bonds. The molecule has 3 aliphatic rings. The fourth-order valence-corrected chi connectivity index (χ4v) is 5.37. The van der Waals surface area contributed by atoms with Gasteiger partial charge in [0.15, 0.2) is 5.17 Å². The molecular weight excluding hydrogens is 332 g/mol. The molecular formula is C20H20N2O2S. The SMILES string of the molecule is CC12N=C3SCc4ccccc4CN3[C@H](c3ccccc3O1)[C@H]2CO. The molecule has 0 saturated heterocycles. The first-order valence-electron chi connectivity index (χ1n) is 8.64. The molecule has 2 bridgehead atoms. The average molecular weight is 352 g/mol. The Balaban J connectivity index is 1.69. The summed E-state index contributed by atoms with van der Waals surface area (Å²) in [6.07, 6.45) is 0. The summed E-state index contributed by atoms with van der Waals surface area (Å²) in [4.78, 5) is 7.33. The summed E-state index contributed by atoms with van der Waals surface area (Å²) in [7, 11) is 0. The van der Waals surface area contributed by atoms with Gasteiger partial charge in [-0.25, -0.2) is 4.99 Å². The number of amidine groups is 1. The molecule has 3 aliphatic heterocycles. The van der Waals surface area contributed by atoms with E-state index in [1.807, 2.05) is 25.1 Å². The van der Waals surface area contributed by atoms with Crippen LogP contribution in [0.5, 0.6) is 5.75 Å². The molecule has 5 heteroatoms. The van der Waals surface area contributed by atoms with Crippen LogP contribution in [-0.2, 0) is 12.3 Å². The lowest BCUT2D eigenvalue weighted by atomic mass is 9.80. The quantitative estimate of drug-likeness (QED) is 0.852. The van der Waals surface area contributed by atoms with Crippen LogP contribution in [-0.4, -0.2) is 27.5 Å². The lowest BCUT2D eigenvalue weighted by molar-refractivity contribution is -0.0619. The van der Waals surface area contributed by atoms with Crippen LogP contribution in [0.4, 0.5) is 0 Å². The topological polar surface area (TPSA) is 45.1 Å². The lowest BCUT2D eigenvalue weighted by Crippen LogP contribution is -2.57. The minimum absolute atomic E-state index is 0.0507. The van der Waals surface area contributed by atoms with E-state index >= 15 is 0 Å². The zero-order chi connectivity index (χ0) is 17.0. The van der Waals surface area contributed by atoms with E-state index in [9.17, 15) is 5.11 Å². The van der Waals surface area contributed by atoms with Gasteiger partial charge in [-0.3, -0.25) is 0 Å². The molecule has 0 spiro atoms. The van der Waals surface area contributed by atoms with Crippen LogP contribution in [0.3, 0.4) is 0 Å². The number of aliphatic hydroxyl groups excluding tert-OH is 1. The van der Waals surface area contributed by atoms with E-state index in [-0.39, 0.29) is 18.6 Å². The van der Waals surface area contributed by atoms with E-state index in [4.69, 9.17) is 9.73 Å². The third-order valence-corrected chi connectivity index (χ3v) is 6.57. The van der Waals surface area contributed by atoms with E-state index in [2.05, 4.69) is 35.2 Å². The summed E-state index contributed by atoms with van der Waals surface area (Å²) in [6, 6.07) is 16.8. The number of benzene rings is 2. The predicted molar refractivity (Wildman–Crippen MR) is 99.5 cm³/mol. The van der Waals surface area contributed by atoms with Crippen molar-refractivity contribution in [2.45, 2.75) is 31.0 Å². The first kappa shape index (κ1) is 15.3. The van der Waals surface area contributed by atoms with Gasteiger partial charge in [-0.2, -0.15) is 0 Å². The fourth-order valence-electron chi connectivity index (χ4n) is 4.22. The summed E-state index contributed by atoms with van der Waals surface area (Å²) in [5, 5.41) is 11.2. The highest BCUT2D eigenvalue weighted by Crippen LogP contribution is 2.52. The van der Waals surface area contributed by atoms with Gasteiger partial charge < -0.3 is 14.7 Å². The molecule has 0 aliphatic carbocycles. The normalized spacial score (nSPS) is 29.5. The predicted octanol–water partition coefficient (Wildman–Crippen LogP) is 3.56. The highest BCUT2D eigenvalue weighted by molar-refractivity contribution is 8.13. The molecule has 1 unspecified atom stereocenters. The number of fused-ring (bicyclic) bond motifs is 7. The maximum Gasteiger partial charge on any atom is 0.207 e. The molecule has 5 rings (SSSR count). The number of para-hydroxylation sites is 1. The van der Waals surface area contributed by atoms with Crippen molar-refractivity contribution >= 4 is 16.9 Å². The number of hydrogen-bond acceptors (Lipinski definition) is 5. The first-order valence-corrected chi connectivity index (χ1v) is 9.63. The Morgan fingerprint density at radius 2 is 1.96 bits per heavy atom. The maximum atomic E-state index is 10.2. The molecule has 1 N–H and O–H groups in total. The van der Waals surface area contributed by atoms with Crippen molar-refractivity contribution in [2.24, 2.45) is 10.9 Å². The Labute approximate surface area is 151 Å². The van der Waals surface area contributed by atoms with Gasteiger partial charge in [-0.1, -0.05) is 54.2 Å². The van der Waals surface area contributed by atoms with Gasteiger partial charge >= 0.3 is 0 Å². The van der Waals surface area contributed by atoms with E-state index in [0.717, 1.165) is 28.8 Å². The van der Waals surface area contributed by atoms with Crippen molar-refractivity contribution in [3.05, 3.63) is 65.2 Å². The Morgan fingerprint density at radius 3 is 2.80 bits per heavy atom. The Hall–Kier alpha value is -1.98. The van der Waals surface area contributed by atoms with Gasteiger partial charge in [0.05, 0.1) is 18.6 Å². The van der Waals surface area contributed by atoms with Crippen LogP contribution in [0, 0.1) is 5.92 Å². The van der Waals surface area contributed by atoms with E-state index in [0.29, 0.717) is 0 Å². The Morgan fingerprint density at radius 1 is 1.20 bits per heavy atom. The van der Waals surface area contributed by atoms with Crippen LogP contribution >= 0.6 is 11.8 Å². The van der Waals surface area contributed by atoms with Crippen LogP contribution in [0.25, 0.3) is 0 Å². The zero-order valence-corrected chi connectivity index (χ0v) is 14.9. The Bertz CT molecular complexity index is 868. The second kappa shape index (κ2) is 5.51. The molecule has 3 heterocycles. The number of thioether (sulfide) groups is 1. The van der Waals surface area contributed by atoms with Crippen molar-refractivity contribution < 1.29 is 9.84 Å². The van der Waals surface area contributed by atoms with Crippen LogP contribution in [0.2, 0.25) is 0 Å². The summed E-state index contributed by atoms with van der Waals surface area (Å²) < 4.78 is 6.27. The molecule has 3 atom stereocenters. The standard InChI is InChI=1S/C20H20N2O2S/c1-20-16(11-23)18(15-8-4-5-9-17(15)24-20)22-10-13-6-2-3-7-14(13)12-25-19(22)21-20/h2-9,16,18,23H,10-12H2,1H3/t16-,18-,20?/m1/s1. The second-order valence-electron chi connectivity index (χ2n) is 7.01. The number of hydrogen-bond donors (Lipinski definition) is 1. The number of aliphatic imine (C=N–C) groups is 1. The number of aliphatic hydroxyl groups is 1. The van der Waals surface area contributed by atoms with Crippen molar-refractivity contribution in [1.29, 1.82) is 0 Å². The summed E-state index contributed by atoms with van der Waals surface area (Å²) >= 11 is 1.77. The van der Waals surface area contributed by atoms with Crippen LogP contribution in [0.15, 0.2) is 53.5 Å². The molecule has 0 radical (unpaired) electrons. The molecule has 128 valence electrons. The van der Waals surface area contributed by atoms with Gasteiger partial charge in [0.2, 0.25) is 5.72 Å².